The minimum Gasteiger partial charge on any atom is -0.356 e. The summed E-state index contributed by atoms with van der Waals surface area (Å²) < 4.78 is 0. The van der Waals surface area contributed by atoms with Crippen molar-refractivity contribution in [3.8, 4) is 0 Å². The molecule has 154 valence electrons. The van der Waals surface area contributed by atoms with Crippen molar-refractivity contribution in [3.63, 3.8) is 0 Å². The molecule has 0 unspecified atom stereocenters. The number of amides is 1. The van der Waals surface area contributed by atoms with Crippen molar-refractivity contribution in [1.82, 2.24) is 15.3 Å². The molecule has 2 aromatic rings. The Kier molecular flexibility index (Phi) is 6.93. The van der Waals surface area contributed by atoms with Crippen molar-refractivity contribution in [1.29, 1.82) is 0 Å². The predicted molar refractivity (Wildman–Crippen MR) is 119 cm³/mol. The monoisotopic (exact) mass is 430 g/mol. The number of anilines is 1. The molecule has 2 fully saturated rings. The van der Waals surface area contributed by atoms with Gasteiger partial charge in [-0.05, 0) is 43.4 Å². The van der Waals surface area contributed by atoms with Crippen molar-refractivity contribution < 1.29 is 4.79 Å². The van der Waals surface area contributed by atoms with Crippen LogP contribution in [0.4, 0.5) is 5.82 Å². The summed E-state index contributed by atoms with van der Waals surface area (Å²) >= 11 is 7.78. The standard InChI is InChI=1S/C22H27ClN4OS/c23-19-14-20(27-11-4-5-12-27)26-22(25-19)29-15-16-7-6-8-17(13-16)21(28)24-18-9-2-1-3-10-18/h6-8,13-14,18H,1-5,9-12,15H2,(H,24,28). The highest BCUT2D eigenvalue weighted by Crippen LogP contribution is 2.26. The first-order valence-corrected chi connectivity index (χ1v) is 11.9. The highest BCUT2D eigenvalue weighted by molar-refractivity contribution is 7.98. The molecule has 4 rings (SSSR count). The first-order chi connectivity index (χ1) is 14.2. The van der Waals surface area contributed by atoms with Gasteiger partial charge in [0.25, 0.3) is 5.91 Å². The number of carbonyl (C=O) groups excluding carboxylic acids is 1. The van der Waals surface area contributed by atoms with E-state index in [2.05, 4.69) is 20.2 Å². The van der Waals surface area contributed by atoms with E-state index in [-0.39, 0.29) is 5.91 Å². The molecule has 1 aromatic carbocycles. The second kappa shape index (κ2) is 9.81. The molecule has 1 amide bonds. The Hall–Kier alpha value is -1.79. The molecule has 7 heteroatoms. The van der Waals surface area contributed by atoms with Gasteiger partial charge < -0.3 is 10.2 Å². The Balaban J connectivity index is 1.38. The van der Waals surface area contributed by atoms with Crippen LogP contribution >= 0.6 is 23.4 Å². The van der Waals surface area contributed by atoms with E-state index < -0.39 is 0 Å². The maximum Gasteiger partial charge on any atom is 0.251 e. The number of hydrogen-bond acceptors (Lipinski definition) is 5. The van der Waals surface area contributed by atoms with Crippen molar-refractivity contribution in [2.75, 3.05) is 18.0 Å². The average molecular weight is 431 g/mol. The molecule has 0 spiro atoms. The van der Waals surface area contributed by atoms with E-state index in [0.29, 0.717) is 22.1 Å². The van der Waals surface area contributed by atoms with Gasteiger partial charge >= 0.3 is 0 Å². The van der Waals surface area contributed by atoms with Crippen LogP contribution in [-0.4, -0.2) is 35.0 Å². The van der Waals surface area contributed by atoms with Crippen molar-refractivity contribution >= 4 is 35.1 Å². The fourth-order valence-electron chi connectivity index (χ4n) is 4.02. The molecular formula is C22H27ClN4OS. The molecule has 1 N–H and O–H groups in total. The third kappa shape index (κ3) is 5.64. The maximum atomic E-state index is 12.6. The lowest BCUT2D eigenvalue weighted by atomic mass is 9.95. The molecule has 1 aliphatic heterocycles. The van der Waals surface area contributed by atoms with Crippen LogP contribution in [0.1, 0.15) is 60.9 Å². The lowest BCUT2D eigenvalue weighted by molar-refractivity contribution is 0.0927. The van der Waals surface area contributed by atoms with Crippen LogP contribution in [-0.2, 0) is 5.75 Å². The van der Waals surface area contributed by atoms with E-state index in [0.717, 1.165) is 42.9 Å². The van der Waals surface area contributed by atoms with Gasteiger partial charge in [0.1, 0.15) is 11.0 Å². The number of nitrogens with zero attached hydrogens (tertiary/aromatic N) is 3. The molecule has 5 nitrogen and oxygen atoms in total. The van der Waals surface area contributed by atoms with Crippen LogP contribution in [0.15, 0.2) is 35.5 Å². The number of aromatic nitrogens is 2. The molecule has 29 heavy (non-hydrogen) atoms. The van der Waals surface area contributed by atoms with Crippen LogP contribution in [0.25, 0.3) is 0 Å². The molecule has 1 saturated heterocycles. The summed E-state index contributed by atoms with van der Waals surface area (Å²) in [5.74, 6) is 1.63. The van der Waals surface area contributed by atoms with Gasteiger partial charge in [0.15, 0.2) is 5.16 Å². The molecule has 0 bridgehead atoms. The smallest absolute Gasteiger partial charge is 0.251 e. The fourth-order valence-corrected chi connectivity index (χ4v) is 5.05. The highest BCUT2D eigenvalue weighted by Gasteiger charge is 2.18. The molecule has 1 aliphatic carbocycles. The lowest BCUT2D eigenvalue weighted by Crippen LogP contribution is -2.36. The van der Waals surface area contributed by atoms with Crippen molar-refractivity contribution in [2.24, 2.45) is 0 Å². The summed E-state index contributed by atoms with van der Waals surface area (Å²) in [6.45, 7) is 2.05. The van der Waals surface area contributed by atoms with Crippen molar-refractivity contribution in [2.45, 2.75) is 61.9 Å². The zero-order valence-electron chi connectivity index (χ0n) is 16.6. The molecule has 2 heterocycles. The van der Waals surface area contributed by atoms with Crippen LogP contribution < -0.4 is 10.2 Å². The average Bonchev–Trinajstić information content (AvgIpc) is 3.28. The van der Waals surface area contributed by atoms with E-state index in [9.17, 15) is 4.79 Å². The number of thioether (sulfide) groups is 1. The van der Waals surface area contributed by atoms with Crippen molar-refractivity contribution in [3.05, 3.63) is 46.6 Å². The largest absolute Gasteiger partial charge is 0.356 e. The van der Waals surface area contributed by atoms with E-state index in [4.69, 9.17) is 11.6 Å². The van der Waals surface area contributed by atoms with Gasteiger partial charge in [0.2, 0.25) is 0 Å². The lowest BCUT2D eigenvalue weighted by Gasteiger charge is -2.22. The minimum absolute atomic E-state index is 0.0269. The highest BCUT2D eigenvalue weighted by atomic mass is 35.5. The Morgan fingerprint density at radius 2 is 1.90 bits per heavy atom. The second-order valence-corrected chi connectivity index (χ2v) is 9.15. The first-order valence-electron chi connectivity index (χ1n) is 10.5. The van der Waals surface area contributed by atoms with E-state index in [1.165, 1.54) is 32.1 Å². The Bertz CT molecular complexity index is 850. The molecular weight excluding hydrogens is 404 g/mol. The SMILES string of the molecule is O=C(NC1CCCCC1)c1cccc(CSc2nc(Cl)cc(N3CCCC3)n2)c1. The normalized spacial score (nSPS) is 17.5. The van der Waals surface area contributed by atoms with E-state index in [1.54, 1.807) is 11.8 Å². The van der Waals surface area contributed by atoms with Gasteiger partial charge in [-0.25, -0.2) is 9.97 Å². The maximum absolute atomic E-state index is 12.6. The molecule has 1 aromatic heterocycles. The number of carbonyl (C=O) groups is 1. The zero-order valence-corrected chi connectivity index (χ0v) is 18.1. The number of nitrogens with one attached hydrogen (secondary N) is 1. The van der Waals surface area contributed by atoms with Gasteiger partial charge in [-0.1, -0.05) is 54.8 Å². The summed E-state index contributed by atoms with van der Waals surface area (Å²) in [5, 5.41) is 4.34. The van der Waals surface area contributed by atoms with Gasteiger partial charge in [0, 0.05) is 36.5 Å². The molecule has 1 saturated carbocycles. The summed E-state index contributed by atoms with van der Waals surface area (Å²) in [6, 6.07) is 9.99. The van der Waals surface area contributed by atoms with Crippen LogP contribution in [0, 0.1) is 0 Å². The Labute approximate surface area is 181 Å². The number of hydrogen-bond donors (Lipinski definition) is 1. The van der Waals surface area contributed by atoms with Gasteiger partial charge in [-0.3, -0.25) is 4.79 Å². The van der Waals surface area contributed by atoms with Crippen LogP contribution in [0.3, 0.4) is 0 Å². The summed E-state index contributed by atoms with van der Waals surface area (Å²) in [6.07, 6.45) is 8.27. The van der Waals surface area contributed by atoms with E-state index in [1.807, 2.05) is 30.3 Å². The summed E-state index contributed by atoms with van der Waals surface area (Å²) in [7, 11) is 0. The van der Waals surface area contributed by atoms with Gasteiger partial charge in [0.05, 0.1) is 0 Å². The fraction of sp³-hybridized carbons (Fsp3) is 0.500. The van der Waals surface area contributed by atoms with Crippen LogP contribution in [0.5, 0.6) is 0 Å². The minimum atomic E-state index is 0.0269. The molecule has 0 atom stereocenters. The third-order valence-electron chi connectivity index (χ3n) is 5.59. The third-order valence-corrected chi connectivity index (χ3v) is 6.70. The molecule has 2 aliphatic rings. The first kappa shape index (κ1) is 20.5. The number of rotatable bonds is 6. The quantitative estimate of drug-likeness (QED) is 0.393. The van der Waals surface area contributed by atoms with Gasteiger partial charge in [-0.2, -0.15) is 0 Å². The van der Waals surface area contributed by atoms with E-state index >= 15 is 0 Å². The second-order valence-electron chi connectivity index (χ2n) is 7.82. The summed E-state index contributed by atoms with van der Waals surface area (Å²) in [4.78, 5) is 23.9. The zero-order chi connectivity index (χ0) is 20.1. The number of benzene rings is 1. The molecule has 0 radical (unpaired) electrons. The number of halogens is 1. The topological polar surface area (TPSA) is 58.1 Å². The Morgan fingerprint density at radius 3 is 2.69 bits per heavy atom. The van der Waals surface area contributed by atoms with Gasteiger partial charge in [-0.15, -0.1) is 0 Å². The Morgan fingerprint density at radius 1 is 1.10 bits per heavy atom. The predicted octanol–water partition coefficient (Wildman–Crippen LogP) is 5.09. The van der Waals surface area contributed by atoms with Crippen LogP contribution in [0.2, 0.25) is 5.15 Å². The summed E-state index contributed by atoms with van der Waals surface area (Å²) in [5.41, 5.74) is 1.80.